The van der Waals surface area contributed by atoms with Crippen molar-refractivity contribution in [3.63, 3.8) is 0 Å². The zero-order valence-corrected chi connectivity index (χ0v) is 11.6. The standard InChI is InChI=1S/C14H15F3N4/c1-8-3-5-10(6-4-8)12-19-13-18-9(2)7-11(14(15,16)17)21(13)20-12/h3-6,9,11H,7H2,1-2H3,(H,18,19,20). The molecule has 0 bridgehead atoms. The Kier molecular flexibility index (Phi) is 3.15. The summed E-state index contributed by atoms with van der Waals surface area (Å²) in [7, 11) is 0. The van der Waals surface area contributed by atoms with Crippen LogP contribution in [0, 0.1) is 6.92 Å². The van der Waals surface area contributed by atoms with Gasteiger partial charge in [-0.3, -0.25) is 0 Å². The van der Waals surface area contributed by atoms with E-state index in [-0.39, 0.29) is 18.4 Å². The van der Waals surface area contributed by atoms with Crippen LogP contribution >= 0.6 is 0 Å². The first-order valence-electron chi connectivity index (χ1n) is 6.71. The lowest BCUT2D eigenvalue weighted by Crippen LogP contribution is -2.38. The number of fused-ring (bicyclic) bond motifs is 1. The van der Waals surface area contributed by atoms with Gasteiger partial charge in [0, 0.05) is 11.6 Å². The first-order valence-corrected chi connectivity index (χ1v) is 6.71. The number of aryl methyl sites for hydroxylation is 1. The Morgan fingerprint density at radius 1 is 1.24 bits per heavy atom. The second-order valence-corrected chi connectivity index (χ2v) is 5.41. The maximum absolute atomic E-state index is 13.1. The van der Waals surface area contributed by atoms with E-state index in [9.17, 15) is 13.2 Å². The first-order chi connectivity index (χ1) is 9.84. The van der Waals surface area contributed by atoms with E-state index in [4.69, 9.17) is 0 Å². The summed E-state index contributed by atoms with van der Waals surface area (Å²) in [5.74, 6) is 0.479. The molecule has 0 aliphatic carbocycles. The van der Waals surface area contributed by atoms with Crippen molar-refractivity contribution < 1.29 is 13.2 Å². The lowest BCUT2D eigenvalue weighted by atomic mass is 10.1. The minimum atomic E-state index is -4.33. The number of alkyl halides is 3. The van der Waals surface area contributed by atoms with E-state index in [1.807, 2.05) is 31.2 Å². The Bertz CT molecular complexity index is 645. The van der Waals surface area contributed by atoms with Crippen molar-refractivity contribution in [2.75, 3.05) is 5.32 Å². The molecule has 0 saturated carbocycles. The summed E-state index contributed by atoms with van der Waals surface area (Å²) < 4.78 is 40.4. The third-order valence-electron chi connectivity index (χ3n) is 3.57. The number of nitrogens with one attached hydrogen (secondary N) is 1. The first kappa shape index (κ1) is 13.9. The van der Waals surface area contributed by atoms with Crippen LogP contribution in [0.5, 0.6) is 0 Å². The van der Waals surface area contributed by atoms with Crippen molar-refractivity contribution in [3.8, 4) is 11.4 Å². The quantitative estimate of drug-likeness (QED) is 0.875. The number of nitrogens with zero attached hydrogens (tertiary/aromatic N) is 3. The number of anilines is 1. The number of halogens is 3. The number of hydrogen-bond donors (Lipinski definition) is 1. The van der Waals surface area contributed by atoms with Crippen molar-refractivity contribution in [1.82, 2.24) is 14.8 Å². The molecule has 112 valence electrons. The normalized spacial score (nSPS) is 21.8. The zero-order valence-electron chi connectivity index (χ0n) is 11.6. The average Bonchev–Trinajstić information content (AvgIpc) is 2.80. The van der Waals surface area contributed by atoms with Gasteiger partial charge in [-0.15, -0.1) is 5.10 Å². The third kappa shape index (κ3) is 2.59. The molecule has 1 aliphatic heterocycles. The SMILES string of the molecule is Cc1ccc(-c2nc3n(n2)C(C(F)(F)F)CC(C)N3)cc1. The molecular weight excluding hydrogens is 281 g/mol. The molecule has 4 nitrogen and oxygen atoms in total. The Morgan fingerprint density at radius 3 is 2.52 bits per heavy atom. The minimum Gasteiger partial charge on any atom is -0.352 e. The van der Waals surface area contributed by atoms with Crippen LogP contribution in [0.1, 0.15) is 24.9 Å². The molecule has 0 spiro atoms. The van der Waals surface area contributed by atoms with Gasteiger partial charge in [0.2, 0.25) is 5.95 Å². The van der Waals surface area contributed by atoms with E-state index < -0.39 is 12.2 Å². The molecule has 1 aromatic carbocycles. The molecule has 3 rings (SSSR count). The highest BCUT2D eigenvalue weighted by Crippen LogP contribution is 2.39. The maximum atomic E-state index is 13.1. The van der Waals surface area contributed by atoms with Crippen LogP contribution in [-0.4, -0.2) is 27.0 Å². The highest BCUT2D eigenvalue weighted by atomic mass is 19.4. The van der Waals surface area contributed by atoms with Gasteiger partial charge in [-0.25, -0.2) is 4.68 Å². The lowest BCUT2D eigenvalue weighted by Gasteiger charge is -2.30. The van der Waals surface area contributed by atoms with Crippen LogP contribution < -0.4 is 5.32 Å². The number of hydrogen-bond acceptors (Lipinski definition) is 3. The molecule has 0 amide bonds. The van der Waals surface area contributed by atoms with Crippen LogP contribution in [0.2, 0.25) is 0 Å². The summed E-state index contributed by atoms with van der Waals surface area (Å²) in [5, 5.41) is 7.01. The fourth-order valence-electron chi connectivity index (χ4n) is 2.45. The monoisotopic (exact) mass is 296 g/mol. The highest BCUT2D eigenvalue weighted by molar-refractivity contribution is 5.57. The summed E-state index contributed by atoms with van der Waals surface area (Å²) in [4.78, 5) is 4.21. The number of benzene rings is 1. The molecule has 0 fully saturated rings. The van der Waals surface area contributed by atoms with Crippen molar-refractivity contribution in [1.29, 1.82) is 0 Å². The van der Waals surface area contributed by atoms with Crippen LogP contribution in [-0.2, 0) is 0 Å². The molecule has 0 radical (unpaired) electrons. The van der Waals surface area contributed by atoms with Crippen LogP contribution in [0.3, 0.4) is 0 Å². The Balaban J connectivity index is 2.03. The molecule has 1 aromatic heterocycles. The van der Waals surface area contributed by atoms with E-state index in [0.29, 0.717) is 11.4 Å². The summed E-state index contributed by atoms with van der Waals surface area (Å²) in [6.45, 7) is 3.65. The second-order valence-electron chi connectivity index (χ2n) is 5.41. The van der Waals surface area contributed by atoms with E-state index in [2.05, 4.69) is 15.4 Å². The molecule has 2 unspecified atom stereocenters. The van der Waals surface area contributed by atoms with Gasteiger partial charge < -0.3 is 5.32 Å². The van der Waals surface area contributed by atoms with Crippen molar-refractivity contribution >= 4 is 5.95 Å². The summed E-state index contributed by atoms with van der Waals surface area (Å²) >= 11 is 0. The van der Waals surface area contributed by atoms with E-state index in [1.54, 1.807) is 6.92 Å². The molecule has 1 N–H and O–H groups in total. The van der Waals surface area contributed by atoms with Gasteiger partial charge in [0.15, 0.2) is 11.9 Å². The smallest absolute Gasteiger partial charge is 0.352 e. The predicted octanol–water partition coefficient (Wildman–Crippen LogP) is 3.56. The molecule has 0 saturated heterocycles. The van der Waals surface area contributed by atoms with Gasteiger partial charge in [0.25, 0.3) is 0 Å². The van der Waals surface area contributed by atoms with Crippen molar-refractivity contribution in [2.24, 2.45) is 0 Å². The summed E-state index contributed by atoms with van der Waals surface area (Å²) in [6.07, 6.45) is -4.38. The molecule has 1 aliphatic rings. The van der Waals surface area contributed by atoms with Crippen LogP contribution in [0.15, 0.2) is 24.3 Å². The van der Waals surface area contributed by atoms with Crippen LogP contribution in [0.25, 0.3) is 11.4 Å². The van der Waals surface area contributed by atoms with Gasteiger partial charge >= 0.3 is 6.18 Å². The maximum Gasteiger partial charge on any atom is 0.411 e. The highest BCUT2D eigenvalue weighted by Gasteiger charge is 2.46. The van der Waals surface area contributed by atoms with Gasteiger partial charge in [0.1, 0.15) is 0 Å². The summed E-state index contributed by atoms with van der Waals surface area (Å²) in [5.41, 5.74) is 1.78. The molecule has 2 heterocycles. The molecule has 2 atom stereocenters. The van der Waals surface area contributed by atoms with Crippen molar-refractivity contribution in [3.05, 3.63) is 29.8 Å². The molecular formula is C14H15F3N4. The van der Waals surface area contributed by atoms with Crippen molar-refractivity contribution in [2.45, 2.75) is 38.5 Å². The molecule has 2 aromatic rings. The number of rotatable bonds is 1. The van der Waals surface area contributed by atoms with Gasteiger partial charge in [-0.2, -0.15) is 18.2 Å². The fourth-order valence-corrected chi connectivity index (χ4v) is 2.45. The van der Waals surface area contributed by atoms with Gasteiger partial charge in [-0.1, -0.05) is 29.8 Å². The van der Waals surface area contributed by atoms with E-state index in [0.717, 1.165) is 10.2 Å². The Labute approximate surface area is 120 Å². The summed E-state index contributed by atoms with van der Waals surface area (Å²) in [6, 6.07) is 5.46. The number of aromatic nitrogens is 3. The second kappa shape index (κ2) is 4.75. The topological polar surface area (TPSA) is 42.7 Å². The van der Waals surface area contributed by atoms with Crippen LogP contribution in [0.4, 0.5) is 19.1 Å². The van der Waals surface area contributed by atoms with Gasteiger partial charge in [-0.05, 0) is 20.3 Å². The molecule has 7 heteroatoms. The minimum absolute atomic E-state index is 0.0484. The van der Waals surface area contributed by atoms with E-state index in [1.165, 1.54) is 0 Å². The third-order valence-corrected chi connectivity index (χ3v) is 3.57. The average molecular weight is 296 g/mol. The van der Waals surface area contributed by atoms with E-state index >= 15 is 0 Å². The molecule has 21 heavy (non-hydrogen) atoms. The fraction of sp³-hybridized carbons (Fsp3) is 0.429. The zero-order chi connectivity index (χ0) is 15.2. The predicted molar refractivity (Wildman–Crippen MR) is 73.0 cm³/mol. The largest absolute Gasteiger partial charge is 0.411 e. The Hall–Kier alpha value is -2.05. The lowest BCUT2D eigenvalue weighted by molar-refractivity contribution is -0.173. The Morgan fingerprint density at radius 2 is 1.90 bits per heavy atom. The van der Waals surface area contributed by atoms with Gasteiger partial charge in [0.05, 0.1) is 0 Å².